The fourth-order valence-corrected chi connectivity index (χ4v) is 1.78. The molecule has 0 rings (SSSR count). The summed E-state index contributed by atoms with van der Waals surface area (Å²) in [6.07, 6.45) is 8.05. The molecule has 0 aromatic carbocycles. The van der Waals surface area contributed by atoms with Gasteiger partial charge in [-0.05, 0) is 13.8 Å². The van der Waals surface area contributed by atoms with Crippen molar-refractivity contribution in [1.82, 2.24) is 0 Å². The maximum Gasteiger partial charge on any atom is 0.440 e. The van der Waals surface area contributed by atoms with Crippen LogP contribution < -0.4 is 0 Å². The third kappa shape index (κ3) is 4.18. The van der Waals surface area contributed by atoms with E-state index in [1.54, 1.807) is 0 Å². The van der Waals surface area contributed by atoms with Gasteiger partial charge < -0.3 is 5.11 Å². The molecule has 0 aliphatic carbocycles. The lowest BCUT2D eigenvalue weighted by Gasteiger charge is -2.17. The molecule has 0 aliphatic heterocycles. The lowest BCUT2D eigenvalue weighted by atomic mass is 10.4. The minimum atomic E-state index is -4.30. The third-order valence-electron chi connectivity index (χ3n) is 1.30. The van der Waals surface area contributed by atoms with Crippen molar-refractivity contribution in [2.45, 2.75) is 26.1 Å². The predicted molar refractivity (Wildman–Crippen MR) is 54.4 cm³/mol. The van der Waals surface area contributed by atoms with Gasteiger partial charge in [0, 0.05) is 0 Å². The van der Waals surface area contributed by atoms with Crippen LogP contribution in [0.1, 0.15) is 13.8 Å². The number of hydrogen-bond acceptors (Lipinski definition) is 4. The maximum atomic E-state index is 11.6. The minimum absolute atomic E-state index is 0.933. The molecule has 2 unspecified atom stereocenters. The van der Waals surface area contributed by atoms with Crippen molar-refractivity contribution in [2.24, 2.45) is 0 Å². The topological polar surface area (TPSA) is 72.8 Å². The zero-order valence-electron chi connectivity index (χ0n) is 8.34. The Morgan fingerprint density at radius 1 is 1.27 bits per heavy atom. The molecule has 0 amide bonds. The Morgan fingerprint density at radius 3 is 1.80 bits per heavy atom. The van der Waals surface area contributed by atoms with E-state index in [0.29, 0.717) is 0 Å². The fourth-order valence-electron chi connectivity index (χ4n) is 0.592. The van der Waals surface area contributed by atoms with Crippen LogP contribution in [-0.2, 0) is 13.6 Å². The van der Waals surface area contributed by atoms with Crippen molar-refractivity contribution in [3.63, 3.8) is 0 Å². The first-order chi connectivity index (χ1) is 6.85. The highest BCUT2D eigenvalue weighted by Crippen LogP contribution is 2.50. The summed E-state index contributed by atoms with van der Waals surface area (Å²) in [4.78, 5) is 10.7. The standard InChI is InChI=1S/C9H11O5P/c1-5-7(3)13-15(12,9(10)11)14-8(4)6-2/h1-2,7-8H,3-4H3,(H,10,11). The van der Waals surface area contributed by atoms with Crippen molar-refractivity contribution in [3.05, 3.63) is 0 Å². The molecule has 0 radical (unpaired) electrons. The molecule has 0 saturated carbocycles. The van der Waals surface area contributed by atoms with Crippen LogP contribution in [0.4, 0.5) is 4.79 Å². The van der Waals surface area contributed by atoms with Gasteiger partial charge >= 0.3 is 13.3 Å². The SMILES string of the molecule is C#CC(C)OP(=O)(OC(C)C#C)C(=O)O. The molecule has 15 heavy (non-hydrogen) atoms. The average Bonchev–Trinajstić information content (AvgIpc) is 2.16. The lowest BCUT2D eigenvalue weighted by Crippen LogP contribution is -2.14. The van der Waals surface area contributed by atoms with E-state index < -0.39 is 25.5 Å². The molecule has 0 aliphatic rings. The van der Waals surface area contributed by atoms with Crippen molar-refractivity contribution in [1.29, 1.82) is 0 Å². The van der Waals surface area contributed by atoms with Crippen molar-refractivity contribution in [3.8, 4) is 24.7 Å². The molecule has 0 fully saturated rings. The van der Waals surface area contributed by atoms with E-state index in [9.17, 15) is 9.36 Å². The second-order valence-electron chi connectivity index (χ2n) is 2.61. The molecular formula is C9H11O5P. The van der Waals surface area contributed by atoms with Crippen LogP contribution >= 0.6 is 7.60 Å². The Labute approximate surface area is 88.3 Å². The summed E-state index contributed by atoms with van der Waals surface area (Å²) in [5.74, 6) is 4.15. The smallest absolute Gasteiger partial charge is 0.440 e. The molecule has 0 saturated heterocycles. The van der Waals surface area contributed by atoms with Gasteiger partial charge in [-0.25, -0.2) is 9.36 Å². The fraction of sp³-hybridized carbons (Fsp3) is 0.444. The Bertz CT molecular complexity index is 336. The molecular weight excluding hydrogens is 219 g/mol. The van der Waals surface area contributed by atoms with E-state index in [0.717, 1.165) is 0 Å². The number of terminal acetylenes is 2. The lowest BCUT2D eigenvalue weighted by molar-refractivity contribution is 0.154. The first kappa shape index (κ1) is 13.7. The van der Waals surface area contributed by atoms with Gasteiger partial charge in [-0.3, -0.25) is 9.05 Å². The molecule has 82 valence electrons. The summed E-state index contributed by atoms with van der Waals surface area (Å²) in [6, 6.07) is 0. The zero-order chi connectivity index (χ0) is 12.1. The first-order valence-electron chi connectivity index (χ1n) is 3.98. The Kier molecular flexibility index (Phi) is 5.11. The van der Waals surface area contributed by atoms with Crippen molar-refractivity contribution < 1.29 is 23.5 Å². The van der Waals surface area contributed by atoms with Gasteiger partial charge in [0.1, 0.15) is 12.2 Å². The summed E-state index contributed by atoms with van der Waals surface area (Å²) in [6.45, 7) is 2.75. The van der Waals surface area contributed by atoms with E-state index in [1.807, 2.05) is 0 Å². The normalized spacial score (nSPS) is 17.9. The highest BCUT2D eigenvalue weighted by Gasteiger charge is 2.38. The quantitative estimate of drug-likeness (QED) is 0.577. The van der Waals surface area contributed by atoms with Crippen LogP contribution in [0.2, 0.25) is 0 Å². The summed E-state index contributed by atoms with van der Waals surface area (Å²) in [5, 5.41) is 8.67. The van der Waals surface area contributed by atoms with Crippen LogP contribution in [0.25, 0.3) is 0 Å². The second kappa shape index (κ2) is 5.58. The van der Waals surface area contributed by atoms with E-state index >= 15 is 0 Å². The highest BCUT2D eigenvalue weighted by atomic mass is 31.2. The van der Waals surface area contributed by atoms with Gasteiger partial charge in [-0.2, -0.15) is 0 Å². The zero-order valence-corrected chi connectivity index (χ0v) is 9.23. The molecule has 0 spiro atoms. The summed E-state index contributed by atoms with van der Waals surface area (Å²) in [5.41, 5.74) is -1.72. The summed E-state index contributed by atoms with van der Waals surface area (Å²) in [7, 11) is -4.30. The third-order valence-corrected chi connectivity index (χ3v) is 2.95. The van der Waals surface area contributed by atoms with Crippen LogP contribution in [0.5, 0.6) is 0 Å². The van der Waals surface area contributed by atoms with Crippen molar-refractivity contribution >= 4 is 13.3 Å². The van der Waals surface area contributed by atoms with Crippen molar-refractivity contribution in [2.75, 3.05) is 0 Å². The molecule has 1 N–H and O–H groups in total. The highest BCUT2D eigenvalue weighted by molar-refractivity contribution is 7.71. The molecule has 0 bridgehead atoms. The van der Waals surface area contributed by atoms with Gasteiger partial charge in [0.2, 0.25) is 0 Å². The predicted octanol–water partition coefficient (Wildman–Crippen LogP) is 1.93. The van der Waals surface area contributed by atoms with Gasteiger partial charge in [0.05, 0.1) is 0 Å². The molecule has 2 atom stereocenters. The molecule has 6 heteroatoms. The number of carboxylic acid groups (broad SMARTS) is 1. The molecule has 0 heterocycles. The molecule has 0 aromatic heterocycles. The average molecular weight is 230 g/mol. The summed E-state index contributed by atoms with van der Waals surface area (Å²) >= 11 is 0. The largest absolute Gasteiger partial charge is 0.472 e. The van der Waals surface area contributed by atoms with E-state index in [-0.39, 0.29) is 0 Å². The van der Waals surface area contributed by atoms with Crippen LogP contribution in [-0.4, -0.2) is 23.0 Å². The Morgan fingerprint density at radius 2 is 1.60 bits per heavy atom. The van der Waals surface area contributed by atoms with E-state index in [4.69, 9.17) is 18.0 Å². The number of carbonyl (C=O) groups is 1. The Balaban J connectivity index is 4.79. The minimum Gasteiger partial charge on any atom is -0.472 e. The molecule has 0 aromatic rings. The monoisotopic (exact) mass is 230 g/mol. The van der Waals surface area contributed by atoms with Crippen LogP contribution in [0, 0.1) is 24.7 Å². The van der Waals surface area contributed by atoms with Gasteiger partial charge in [-0.1, -0.05) is 11.8 Å². The van der Waals surface area contributed by atoms with Gasteiger partial charge in [-0.15, -0.1) is 12.8 Å². The number of hydrogen-bond donors (Lipinski definition) is 1. The maximum absolute atomic E-state index is 11.6. The first-order valence-corrected chi connectivity index (χ1v) is 5.52. The molecule has 5 nitrogen and oxygen atoms in total. The van der Waals surface area contributed by atoms with Gasteiger partial charge in [0.15, 0.2) is 0 Å². The second-order valence-corrected chi connectivity index (χ2v) is 4.41. The number of rotatable bonds is 5. The summed E-state index contributed by atoms with van der Waals surface area (Å²) < 4.78 is 20.9. The van der Waals surface area contributed by atoms with E-state index in [1.165, 1.54) is 13.8 Å². The van der Waals surface area contributed by atoms with E-state index in [2.05, 4.69) is 20.9 Å². The van der Waals surface area contributed by atoms with Gasteiger partial charge in [0.25, 0.3) is 0 Å². The van der Waals surface area contributed by atoms with Crippen LogP contribution in [0.3, 0.4) is 0 Å². The Hall–Kier alpha value is -1.26. The van der Waals surface area contributed by atoms with Crippen LogP contribution in [0.15, 0.2) is 0 Å².